The highest BCUT2D eigenvalue weighted by molar-refractivity contribution is 7.99. The van der Waals surface area contributed by atoms with E-state index in [1.54, 1.807) is 11.6 Å². The van der Waals surface area contributed by atoms with Gasteiger partial charge in [0.05, 0.1) is 22.4 Å². The summed E-state index contributed by atoms with van der Waals surface area (Å²) in [5.74, 6) is 0.339. The summed E-state index contributed by atoms with van der Waals surface area (Å²) in [4.78, 5) is 29.0. The second-order valence-corrected chi connectivity index (χ2v) is 8.85. The average molecular weight is 453 g/mol. The van der Waals surface area contributed by atoms with Crippen molar-refractivity contribution in [3.05, 3.63) is 59.9 Å². The molecule has 0 aliphatic carbocycles. The Kier molecular flexibility index (Phi) is 6.28. The molecule has 158 valence electrons. The van der Waals surface area contributed by atoms with Crippen molar-refractivity contribution in [3.8, 4) is 0 Å². The molecule has 0 spiro atoms. The van der Waals surface area contributed by atoms with Crippen LogP contribution in [-0.2, 0) is 23.1 Å². The van der Waals surface area contributed by atoms with Crippen LogP contribution in [0, 0.1) is 6.92 Å². The molecule has 0 unspecified atom stereocenters. The van der Waals surface area contributed by atoms with Gasteiger partial charge in [0.25, 0.3) is 0 Å². The van der Waals surface area contributed by atoms with Crippen LogP contribution in [0.4, 0.5) is 10.8 Å². The predicted molar refractivity (Wildman–Crippen MR) is 123 cm³/mol. The van der Waals surface area contributed by atoms with Crippen molar-refractivity contribution >= 4 is 55.9 Å². The summed E-state index contributed by atoms with van der Waals surface area (Å²) < 4.78 is 2.75. The number of amides is 2. The summed E-state index contributed by atoms with van der Waals surface area (Å²) in [5, 5.41) is 15.0. The first kappa shape index (κ1) is 21.0. The van der Waals surface area contributed by atoms with Crippen molar-refractivity contribution in [3.63, 3.8) is 0 Å². The Hall–Kier alpha value is -3.24. The van der Waals surface area contributed by atoms with E-state index in [2.05, 4.69) is 25.8 Å². The standard InChI is InChI=1S/C21H20N6O2S2/c1-13-7-9-14(10-8-13)22-18(28)11-17-25-26-21(27(17)2)30-12-19(29)24-20-23-15-5-3-4-6-16(15)31-20/h3-10H,11-12H2,1-2H3,(H,22,28)(H,23,24,29). The van der Waals surface area contributed by atoms with Crippen LogP contribution in [0.5, 0.6) is 0 Å². The van der Waals surface area contributed by atoms with Crippen molar-refractivity contribution in [1.82, 2.24) is 19.7 Å². The molecule has 0 aliphatic rings. The van der Waals surface area contributed by atoms with Crippen molar-refractivity contribution in [1.29, 1.82) is 0 Å². The number of nitrogens with zero attached hydrogens (tertiary/aromatic N) is 4. The number of fused-ring (bicyclic) bond motifs is 1. The molecule has 0 fully saturated rings. The van der Waals surface area contributed by atoms with Crippen LogP contribution in [0.2, 0.25) is 0 Å². The summed E-state index contributed by atoms with van der Waals surface area (Å²) in [5.41, 5.74) is 2.72. The van der Waals surface area contributed by atoms with Gasteiger partial charge in [0.1, 0.15) is 5.82 Å². The zero-order valence-corrected chi connectivity index (χ0v) is 18.6. The Bertz CT molecular complexity index is 1200. The zero-order chi connectivity index (χ0) is 21.8. The van der Waals surface area contributed by atoms with E-state index in [1.165, 1.54) is 23.1 Å². The van der Waals surface area contributed by atoms with E-state index >= 15 is 0 Å². The maximum Gasteiger partial charge on any atom is 0.236 e. The Morgan fingerprint density at radius 2 is 1.81 bits per heavy atom. The number of hydrogen-bond donors (Lipinski definition) is 2. The molecule has 0 atom stereocenters. The van der Waals surface area contributed by atoms with Gasteiger partial charge in [-0.1, -0.05) is 52.9 Å². The van der Waals surface area contributed by atoms with E-state index < -0.39 is 0 Å². The smallest absolute Gasteiger partial charge is 0.236 e. The monoisotopic (exact) mass is 452 g/mol. The maximum absolute atomic E-state index is 12.3. The van der Waals surface area contributed by atoms with Crippen molar-refractivity contribution in [2.24, 2.45) is 7.05 Å². The average Bonchev–Trinajstić information content (AvgIpc) is 3.31. The van der Waals surface area contributed by atoms with Crippen molar-refractivity contribution in [2.75, 3.05) is 16.4 Å². The molecular weight excluding hydrogens is 432 g/mol. The van der Waals surface area contributed by atoms with Gasteiger partial charge in [-0.15, -0.1) is 10.2 Å². The highest BCUT2D eigenvalue weighted by Gasteiger charge is 2.15. The number of carbonyl (C=O) groups excluding carboxylic acids is 2. The molecule has 0 radical (unpaired) electrons. The summed E-state index contributed by atoms with van der Waals surface area (Å²) in [6, 6.07) is 15.3. The fourth-order valence-corrected chi connectivity index (χ4v) is 4.43. The fraction of sp³-hybridized carbons (Fsp3) is 0.190. The number of anilines is 2. The van der Waals surface area contributed by atoms with Gasteiger partial charge in [-0.3, -0.25) is 9.59 Å². The molecule has 8 nitrogen and oxygen atoms in total. The molecule has 0 saturated carbocycles. The van der Waals surface area contributed by atoms with E-state index in [-0.39, 0.29) is 24.0 Å². The number of carbonyl (C=O) groups is 2. The van der Waals surface area contributed by atoms with Gasteiger partial charge in [-0.2, -0.15) is 0 Å². The minimum Gasteiger partial charge on any atom is -0.326 e. The lowest BCUT2D eigenvalue weighted by Crippen LogP contribution is -2.17. The molecule has 0 bridgehead atoms. The van der Waals surface area contributed by atoms with E-state index in [4.69, 9.17) is 0 Å². The Morgan fingerprint density at radius 3 is 2.58 bits per heavy atom. The first-order chi connectivity index (χ1) is 15.0. The molecule has 0 saturated heterocycles. The quantitative estimate of drug-likeness (QED) is 0.415. The number of thioether (sulfide) groups is 1. The van der Waals surface area contributed by atoms with Crippen LogP contribution >= 0.6 is 23.1 Å². The van der Waals surface area contributed by atoms with Gasteiger partial charge in [0.15, 0.2) is 10.3 Å². The molecular formula is C21H20N6O2S2. The highest BCUT2D eigenvalue weighted by Crippen LogP contribution is 2.25. The maximum atomic E-state index is 12.3. The minimum absolute atomic E-state index is 0.0931. The number of para-hydroxylation sites is 1. The lowest BCUT2D eigenvalue weighted by atomic mass is 10.2. The van der Waals surface area contributed by atoms with Crippen LogP contribution in [0.25, 0.3) is 10.2 Å². The number of hydrogen-bond acceptors (Lipinski definition) is 7. The van der Waals surface area contributed by atoms with Gasteiger partial charge >= 0.3 is 0 Å². The first-order valence-corrected chi connectivity index (χ1v) is 11.3. The fourth-order valence-electron chi connectivity index (χ4n) is 2.82. The molecule has 2 aromatic carbocycles. The van der Waals surface area contributed by atoms with Gasteiger partial charge in [-0.05, 0) is 31.2 Å². The third kappa shape index (κ3) is 5.28. The molecule has 0 aliphatic heterocycles. The molecule has 2 amide bonds. The van der Waals surface area contributed by atoms with E-state index in [1.807, 2.05) is 55.5 Å². The van der Waals surface area contributed by atoms with Gasteiger partial charge in [-0.25, -0.2) is 4.98 Å². The van der Waals surface area contributed by atoms with Gasteiger partial charge < -0.3 is 15.2 Å². The summed E-state index contributed by atoms with van der Waals surface area (Å²) in [7, 11) is 1.78. The normalized spacial score (nSPS) is 10.9. The lowest BCUT2D eigenvalue weighted by Gasteiger charge is -2.06. The second kappa shape index (κ2) is 9.27. The number of thiazole rings is 1. The lowest BCUT2D eigenvalue weighted by molar-refractivity contribution is -0.116. The topological polar surface area (TPSA) is 102 Å². The van der Waals surface area contributed by atoms with E-state index in [9.17, 15) is 9.59 Å². The Morgan fingerprint density at radius 1 is 1.03 bits per heavy atom. The van der Waals surface area contributed by atoms with Crippen molar-refractivity contribution < 1.29 is 9.59 Å². The zero-order valence-electron chi connectivity index (χ0n) is 17.0. The third-order valence-corrected chi connectivity index (χ3v) is 6.42. The van der Waals surface area contributed by atoms with Crippen LogP contribution in [0.3, 0.4) is 0 Å². The largest absolute Gasteiger partial charge is 0.326 e. The third-order valence-electron chi connectivity index (χ3n) is 4.45. The van der Waals surface area contributed by atoms with Crippen molar-refractivity contribution in [2.45, 2.75) is 18.5 Å². The van der Waals surface area contributed by atoms with Crippen LogP contribution < -0.4 is 10.6 Å². The number of aryl methyl sites for hydroxylation is 1. The number of benzene rings is 2. The molecule has 4 rings (SSSR count). The second-order valence-electron chi connectivity index (χ2n) is 6.87. The molecule has 2 heterocycles. The Labute approximate surface area is 187 Å². The molecule has 4 aromatic rings. The van der Waals surface area contributed by atoms with Crippen LogP contribution in [-0.4, -0.2) is 37.3 Å². The number of nitrogens with one attached hydrogen (secondary N) is 2. The first-order valence-electron chi connectivity index (χ1n) is 9.51. The van der Waals surface area contributed by atoms with E-state index in [0.29, 0.717) is 16.1 Å². The summed E-state index contributed by atoms with van der Waals surface area (Å²) in [6.07, 6.45) is 0.0931. The van der Waals surface area contributed by atoms with E-state index in [0.717, 1.165) is 21.5 Å². The molecule has 2 N–H and O–H groups in total. The number of aromatic nitrogens is 4. The summed E-state index contributed by atoms with van der Waals surface area (Å²) >= 11 is 2.69. The SMILES string of the molecule is Cc1ccc(NC(=O)Cc2nnc(SCC(=O)Nc3nc4ccccc4s3)n2C)cc1. The van der Waals surface area contributed by atoms with Gasteiger partial charge in [0, 0.05) is 12.7 Å². The molecule has 31 heavy (non-hydrogen) atoms. The van der Waals surface area contributed by atoms with Gasteiger partial charge in [0.2, 0.25) is 11.8 Å². The number of rotatable bonds is 7. The highest BCUT2D eigenvalue weighted by atomic mass is 32.2. The molecule has 2 aromatic heterocycles. The van der Waals surface area contributed by atoms with Crippen LogP contribution in [0.1, 0.15) is 11.4 Å². The summed E-state index contributed by atoms with van der Waals surface area (Å²) in [6.45, 7) is 1.99. The Balaban J connectivity index is 1.30. The molecule has 10 heteroatoms. The predicted octanol–water partition coefficient (Wildman–Crippen LogP) is 3.65. The minimum atomic E-state index is -0.176. The van der Waals surface area contributed by atoms with Crippen LogP contribution in [0.15, 0.2) is 53.7 Å².